The van der Waals surface area contributed by atoms with Gasteiger partial charge in [-0.05, 0) is 12.0 Å². The number of carbonyl (C=O) groups excluding carboxylic acids is 2. The Kier molecular flexibility index (Phi) is 6.30. The summed E-state index contributed by atoms with van der Waals surface area (Å²) in [6.07, 6.45) is -1.81. The summed E-state index contributed by atoms with van der Waals surface area (Å²) < 4.78 is 0. The molecule has 1 aromatic rings. The predicted molar refractivity (Wildman–Crippen MR) is 74.1 cm³/mol. The number of benzene rings is 1. The minimum Gasteiger partial charge on any atom is -0.390 e. The van der Waals surface area contributed by atoms with Crippen LogP contribution >= 0.6 is 0 Å². The second-order valence-electron chi connectivity index (χ2n) is 4.53. The molecule has 0 radical (unpaired) electrons. The van der Waals surface area contributed by atoms with Crippen molar-refractivity contribution >= 4 is 11.7 Å². The molecule has 1 amide bonds. The van der Waals surface area contributed by atoms with E-state index in [1.807, 2.05) is 0 Å². The van der Waals surface area contributed by atoms with Gasteiger partial charge in [-0.15, -0.1) is 0 Å². The zero-order valence-corrected chi connectivity index (χ0v) is 11.4. The third-order valence-electron chi connectivity index (χ3n) is 2.94. The van der Waals surface area contributed by atoms with Crippen LogP contribution in [0.2, 0.25) is 0 Å². The van der Waals surface area contributed by atoms with Gasteiger partial charge in [0.1, 0.15) is 6.10 Å². The Bertz CT molecular complexity index is 459. The molecule has 6 heteroatoms. The van der Waals surface area contributed by atoms with Crippen LogP contribution in [0.5, 0.6) is 0 Å². The molecule has 1 aromatic carbocycles. The number of carbonyl (C=O) groups is 2. The fourth-order valence-electron chi connectivity index (χ4n) is 1.76. The van der Waals surface area contributed by atoms with E-state index in [0.717, 1.165) is 0 Å². The van der Waals surface area contributed by atoms with Gasteiger partial charge in [0.2, 0.25) is 5.91 Å². The third-order valence-corrected chi connectivity index (χ3v) is 2.94. The Hall–Kier alpha value is -1.76. The minimum absolute atomic E-state index is 0.0682. The molecule has 0 aliphatic carbocycles. The molecule has 0 aliphatic rings. The van der Waals surface area contributed by atoms with Crippen molar-refractivity contribution < 1.29 is 19.8 Å². The summed E-state index contributed by atoms with van der Waals surface area (Å²) in [6, 6.07) is 6.28. The van der Waals surface area contributed by atoms with E-state index >= 15 is 0 Å². The van der Waals surface area contributed by atoms with Crippen LogP contribution in [-0.4, -0.2) is 41.1 Å². The van der Waals surface area contributed by atoms with Crippen LogP contribution in [0.4, 0.5) is 0 Å². The van der Waals surface area contributed by atoms with Gasteiger partial charge in [0, 0.05) is 19.0 Å². The van der Waals surface area contributed by atoms with Crippen molar-refractivity contribution in [1.29, 1.82) is 0 Å². The summed E-state index contributed by atoms with van der Waals surface area (Å²) in [5.74, 6) is -0.367. The summed E-state index contributed by atoms with van der Waals surface area (Å²) in [5, 5.41) is 22.3. The molecule has 2 atom stereocenters. The van der Waals surface area contributed by atoms with E-state index in [-0.39, 0.29) is 31.2 Å². The fourth-order valence-corrected chi connectivity index (χ4v) is 1.76. The number of nitrogens with two attached hydrogens (primary N) is 1. The van der Waals surface area contributed by atoms with E-state index in [9.17, 15) is 19.8 Å². The first-order chi connectivity index (χ1) is 9.45. The minimum atomic E-state index is -1.06. The van der Waals surface area contributed by atoms with Crippen molar-refractivity contribution in [1.82, 2.24) is 5.32 Å². The van der Waals surface area contributed by atoms with Crippen molar-refractivity contribution in [3.8, 4) is 0 Å². The molecule has 0 heterocycles. The molecule has 0 bridgehead atoms. The van der Waals surface area contributed by atoms with Gasteiger partial charge in [-0.25, -0.2) is 0 Å². The number of hydrogen-bond donors (Lipinski definition) is 4. The van der Waals surface area contributed by atoms with E-state index < -0.39 is 12.2 Å². The van der Waals surface area contributed by atoms with Crippen LogP contribution < -0.4 is 11.1 Å². The van der Waals surface area contributed by atoms with Crippen molar-refractivity contribution in [2.45, 2.75) is 25.6 Å². The molecule has 0 aromatic heterocycles. The lowest BCUT2D eigenvalue weighted by molar-refractivity contribution is -0.119. The quantitative estimate of drug-likeness (QED) is 0.514. The Morgan fingerprint density at radius 2 is 1.85 bits per heavy atom. The third kappa shape index (κ3) is 4.73. The maximum Gasteiger partial charge on any atom is 0.216 e. The van der Waals surface area contributed by atoms with Crippen LogP contribution in [0.1, 0.15) is 35.4 Å². The molecule has 20 heavy (non-hydrogen) atoms. The van der Waals surface area contributed by atoms with E-state index in [1.165, 1.54) is 6.92 Å². The van der Waals surface area contributed by atoms with Gasteiger partial charge in [-0.1, -0.05) is 24.3 Å². The maximum absolute atomic E-state index is 11.4. The lowest BCUT2D eigenvalue weighted by Crippen LogP contribution is -2.27. The monoisotopic (exact) mass is 280 g/mol. The van der Waals surface area contributed by atoms with Gasteiger partial charge in [0.25, 0.3) is 0 Å². The number of hydrogen-bond acceptors (Lipinski definition) is 5. The molecular weight excluding hydrogens is 260 g/mol. The van der Waals surface area contributed by atoms with Gasteiger partial charge >= 0.3 is 0 Å². The van der Waals surface area contributed by atoms with Gasteiger partial charge in [0.05, 0.1) is 12.6 Å². The SMILES string of the molecule is CC(=O)NCCC(O)C(O)c1ccc(C(=O)CN)cc1. The first-order valence-electron chi connectivity index (χ1n) is 6.39. The van der Waals surface area contributed by atoms with Crippen LogP contribution in [0.3, 0.4) is 0 Å². The predicted octanol–water partition coefficient (Wildman–Crippen LogP) is -0.251. The van der Waals surface area contributed by atoms with Gasteiger partial charge < -0.3 is 21.3 Å². The normalized spacial score (nSPS) is 13.6. The number of ketones is 1. The van der Waals surface area contributed by atoms with Crippen LogP contribution in [0.15, 0.2) is 24.3 Å². The molecule has 1 rings (SSSR count). The smallest absolute Gasteiger partial charge is 0.216 e. The van der Waals surface area contributed by atoms with E-state index in [2.05, 4.69) is 5.32 Å². The molecule has 110 valence electrons. The standard InChI is InChI=1S/C14H20N2O4/c1-9(17)16-7-6-12(18)14(20)11-4-2-10(3-5-11)13(19)8-15/h2-5,12,14,18,20H,6-8,15H2,1H3,(H,16,17). The average Bonchev–Trinajstić information content (AvgIpc) is 2.45. The highest BCUT2D eigenvalue weighted by Gasteiger charge is 2.18. The summed E-state index contributed by atoms with van der Waals surface area (Å²) in [7, 11) is 0. The van der Waals surface area contributed by atoms with E-state index in [4.69, 9.17) is 5.73 Å². The molecule has 0 fully saturated rings. The molecule has 5 N–H and O–H groups in total. The van der Waals surface area contributed by atoms with Crippen molar-refractivity contribution in [2.75, 3.05) is 13.1 Å². The number of amides is 1. The van der Waals surface area contributed by atoms with Crippen molar-refractivity contribution in [3.63, 3.8) is 0 Å². The summed E-state index contributed by atoms with van der Waals surface area (Å²) in [5.41, 5.74) is 6.23. The van der Waals surface area contributed by atoms with Crippen molar-refractivity contribution in [2.24, 2.45) is 5.73 Å². The molecule has 0 saturated heterocycles. The Labute approximate surface area is 117 Å². The molecule has 0 spiro atoms. The van der Waals surface area contributed by atoms with Gasteiger partial charge in [-0.3, -0.25) is 9.59 Å². The maximum atomic E-state index is 11.4. The van der Waals surface area contributed by atoms with Gasteiger partial charge in [0.15, 0.2) is 5.78 Å². The molecule has 6 nitrogen and oxygen atoms in total. The highest BCUT2D eigenvalue weighted by atomic mass is 16.3. The first kappa shape index (κ1) is 16.3. The topological polar surface area (TPSA) is 113 Å². The van der Waals surface area contributed by atoms with E-state index in [1.54, 1.807) is 24.3 Å². The fraction of sp³-hybridized carbons (Fsp3) is 0.429. The number of aliphatic hydroxyl groups excluding tert-OH is 2. The lowest BCUT2D eigenvalue weighted by atomic mass is 10.00. The van der Waals surface area contributed by atoms with Crippen molar-refractivity contribution in [3.05, 3.63) is 35.4 Å². The molecule has 0 saturated carbocycles. The zero-order valence-electron chi connectivity index (χ0n) is 11.4. The largest absolute Gasteiger partial charge is 0.390 e. The Morgan fingerprint density at radius 3 is 2.35 bits per heavy atom. The molecule has 2 unspecified atom stereocenters. The highest BCUT2D eigenvalue weighted by molar-refractivity contribution is 5.97. The average molecular weight is 280 g/mol. The summed E-state index contributed by atoms with van der Waals surface area (Å²) in [4.78, 5) is 22.1. The molecule has 0 aliphatic heterocycles. The lowest BCUT2D eigenvalue weighted by Gasteiger charge is -2.18. The summed E-state index contributed by atoms with van der Waals surface area (Å²) >= 11 is 0. The number of nitrogens with one attached hydrogen (secondary N) is 1. The number of aliphatic hydroxyl groups is 2. The zero-order chi connectivity index (χ0) is 15.1. The second-order valence-corrected chi connectivity index (χ2v) is 4.53. The number of Topliss-reactive ketones (excluding diaryl/α,β-unsaturated/α-hetero) is 1. The van der Waals surface area contributed by atoms with Crippen LogP contribution in [-0.2, 0) is 4.79 Å². The Morgan fingerprint density at radius 1 is 1.25 bits per heavy atom. The highest BCUT2D eigenvalue weighted by Crippen LogP contribution is 2.19. The van der Waals surface area contributed by atoms with Gasteiger partial charge in [-0.2, -0.15) is 0 Å². The van der Waals surface area contributed by atoms with E-state index in [0.29, 0.717) is 11.1 Å². The Balaban J connectivity index is 2.60. The first-order valence-corrected chi connectivity index (χ1v) is 6.39. The second kappa shape index (κ2) is 7.74. The van der Waals surface area contributed by atoms with Crippen LogP contribution in [0.25, 0.3) is 0 Å². The summed E-state index contributed by atoms with van der Waals surface area (Å²) in [6.45, 7) is 1.61. The molecular formula is C14H20N2O4. The van der Waals surface area contributed by atoms with Crippen LogP contribution in [0, 0.1) is 0 Å². The number of rotatable bonds is 7.